The van der Waals surface area contributed by atoms with Crippen LogP contribution in [0.5, 0.6) is 0 Å². The Bertz CT molecular complexity index is 66.4. The Kier molecular flexibility index (Phi) is 1.93. The van der Waals surface area contributed by atoms with Crippen molar-refractivity contribution in [3.63, 3.8) is 0 Å². The Labute approximate surface area is 52.3 Å². The summed E-state index contributed by atoms with van der Waals surface area (Å²) in [5.41, 5.74) is 0. The molecule has 0 radical (unpaired) electrons. The first-order valence-electron chi connectivity index (χ1n) is 3.88. The van der Waals surface area contributed by atoms with E-state index in [2.05, 4.69) is 13.8 Å². The number of rotatable bonds is 3. The zero-order chi connectivity index (χ0) is 5.98. The third kappa shape index (κ3) is 1.24. The summed E-state index contributed by atoms with van der Waals surface area (Å²) in [6, 6.07) is 0. The molecule has 1 aliphatic carbocycles. The largest absolute Gasteiger partial charge is 0.0654 e. The van der Waals surface area contributed by atoms with Crippen molar-refractivity contribution in [2.45, 2.75) is 39.5 Å². The third-order valence-corrected chi connectivity index (χ3v) is 2.25. The van der Waals surface area contributed by atoms with Crippen LogP contribution in [0.1, 0.15) is 39.5 Å². The number of hydrogen-bond acceptors (Lipinski definition) is 0. The monoisotopic (exact) mass is 112 g/mol. The molecule has 0 heteroatoms. The van der Waals surface area contributed by atoms with Crippen LogP contribution in [0.3, 0.4) is 0 Å². The van der Waals surface area contributed by atoms with Crippen LogP contribution in [0.2, 0.25) is 0 Å². The maximum Gasteiger partial charge on any atom is -0.0383 e. The molecule has 1 saturated carbocycles. The molecule has 0 aromatic rings. The van der Waals surface area contributed by atoms with Crippen molar-refractivity contribution < 1.29 is 0 Å². The topological polar surface area (TPSA) is 0 Å². The van der Waals surface area contributed by atoms with Gasteiger partial charge >= 0.3 is 0 Å². The van der Waals surface area contributed by atoms with Crippen molar-refractivity contribution in [1.82, 2.24) is 0 Å². The van der Waals surface area contributed by atoms with Gasteiger partial charge in [-0.25, -0.2) is 0 Å². The molecule has 2 atom stereocenters. The lowest BCUT2D eigenvalue weighted by atomic mass is 10.2. The fourth-order valence-electron chi connectivity index (χ4n) is 1.53. The highest BCUT2D eigenvalue weighted by molar-refractivity contribution is 4.83. The fraction of sp³-hybridized carbons (Fsp3) is 1.00. The minimum absolute atomic E-state index is 1.12. The van der Waals surface area contributed by atoms with Gasteiger partial charge in [-0.15, -0.1) is 0 Å². The molecule has 0 amide bonds. The van der Waals surface area contributed by atoms with Gasteiger partial charge in [0.2, 0.25) is 0 Å². The molecule has 0 N–H and O–H groups in total. The van der Waals surface area contributed by atoms with Crippen LogP contribution < -0.4 is 0 Å². The molecule has 0 heterocycles. The van der Waals surface area contributed by atoms with Crippen molar-refractivity contribution in [3.05, 3.63) is 0 Å². The van der Waals surface area contributed by atoms with Crippen LogP contribution in [0.15, 0.2) is 0 Å². The van der Waals surface area contributed by atoms with Crippen LogP contribution in [0.4, 0.5) is 0 Å². The normalized spacial score (nSPS) is 35.2. The summed E-state index contributed by atoms with van der Waals surface area (Å²) in [6.07, 6.45) is 5.83. The van der Waals surface area contributed by atoms with Gasteiger partial charge in [0.05, 0.1) is 0 Å². The van der Waals surface area contributed by atoms with Crippen molar-refractivity contribution in [3.8, 4) is 0 Å². The predicted molar refractivity (Wildman–Crippen MR) is 36.8 cm³/mol. The summed E-state index contributed by atoms with van der Waals surface area (Å²) in [4.78, 5) is 0. The first-order valence-corrected chi connectivity index (χ1v) is 3.88. The van der Waals surface area contributed by atoms with E-state index in [1.807, 2.05) is 0 Å². The lowest BCUT2D eigenvalue weighted by Gasteiger charge is -1.90. The molecule has 1 aliphatic rings. The predicted octanol–water partition coefficient (Wildman–Crippen LogP) is 2.83. The second-order valence-corrected chi connectivity index (χ2v) is 2.95. The molecule has 0 unspecified atom stereocenters. The first kappa shape index (κ1) is 6.12. The molecule has 1 fully saturated rings. The van der Waals surface area contributed by atoms with Crippen LogP contribution in [0.25, 0.3) is 0 Å². The molecule has 0 aliphatic heterocycles. The van der Waals surface area contributed by atoms with E-state index in [-0.39, 0.29) is 0 Å². The minimum Gasteiger partial charge on any atom is -0.0654 e. The molecule has 0 aromatic heterocycles. The average Bonchev–Trinajstić information content (AvgIpc) is 2.48. The molecular formula is C8H16. The van der Waals surface area contributed by atoms with Crippen molar-refractivity contribution in [1.29, 1.82) is 0 Å². The second-order valence-electron chi connectivity index (χ2n) is 2.95. The molecular weight excluding hydrogens is 96.1 g/mol. The van der Waals surface area contributed by atoms with Gasteiger partial charge in [0.1, 0.15) is 0 Å². The van der Waals surface area contributed by atoms with Crippen LogP contribution in [0, 0.1) is 11.8 Å². The highest BCUT2D eigenvalue weighted by atomic mass is 14.4. The Morgan fingerprint density at radius 2 is 2.00 bits per heavy atom. The van der Waals surface area contributed by atoms with Gasteiger partial charge in [-0.05, 0) is 18.3 Å². The van der Waals surface area contributed by atoms with Gasteiger partial charge in [0.15, 0.2) is 0 Å². The SMILES string of the molecule is CCC[C@H]1C[C@H]1CC. The van der Waals surface area contributed by atoms with E-state index < -0.39 is 0 Å². The van der Waals surface area contributed by atoms with Crippen LogP contribution >= 0.6 is 0 Å². The van der Waals surface area contributed by atoms with E-state index in [9.17, 15) is 0 Å². The molecule has 0 nitrogen and oxygen atoms in total. The summed E-state index contributed by atoms with van der Waals surface area (Å²) in [5.74, 6) is 2.25. The van der Waals surface area contributed by atoms with E-state index >= 15 is 0 Å². The average molecular weight is 112 g/mol. The molecule has 0 bridgehead atoms. The molecule has 0 saturated heterocycles. The van der Waals surface area contributed by atoms with Gasteiger partial charge in [-0.3, -0.25) is 0 Å². The standard InChI is InChI=1S/C8H16/c1-3-5-8-6-7(8)4-2/h7-8H,3-6H2,1-2H3/t7-,8+/m1/s1. The Hall–Kier alpha value is 0. The molecule has 0 spiro atoms. The molecule has 8 heavy (non-hydrogen) atoms. The second kappa shape index (κ2) is 2.52. The zero-order valence-corrected chi connectivity index (χ0v) is 5.98. The lowest BCUT2D eigenvalue weighted by molar-refractivity contribution is 0.621. The molecule has 48 valence electrons. The van der Waals surface area contributed by atoms with Gasteiger partial charge in [0.25, 0.3) is 0 Å². The van der Waals surface area contributed by atoms with Crippen LogP contribution in [-0.2, 0) is 0 Å². The quantitative estimate of drug-likeness (QED) is 0.526. The summed E-state index contributed by atoms with van der Waals surface area (Å²) in [5, 5.41) is 0. The maximum atomic E-state index is 2.31. The smallest absolute Gasteiger partial charge is 0.0383 e. The summed E-state index contributed by atoms with van der Waals surface area (Å²) >= 11 is 0. The maximum absolute atomic E-state index is 2.31. The van der Waals surface area contributed by atoms with Gasteiger partial charge < -0.3 is 0 Å². The number of hydrogen-bond donors (Lipinski definition) is 0. The van der Waals surface area contributed by atoms with Crippen molar-refractivity contribution in [2.75, 3.05) is 0 Å². The summed E-state index contributed by atoms with van der Waals surface area (Å²) < 4.78 is 0. The van der Waals surface area contributed by atoms with E-state index in [1.165, 1.54) is 25.7 Å². The fourth-order valence-corrected chi connectivity index (χ4v) is 1.53. The Morgan fingerprint density at radius 3 is 2.38 bits per heavy atom. The van der Waals surface area contributed by atoms with E-state index in [0.29, 0.717) is 0 Å². The van der Waals surface area contributed by atoms with E-state index in [4.69, 9.17) is 0 Å². The van der Waals surface area contributed by atoms with Crippen molar-refractivity contribution in [2.24, 2.45) is 11.8 Å². The lowest BCUT2D eigenvalue weighted by Crippen LogP contribution is -1.77. The van der Waals surface area contributed by atoms with E-state index in [1.54, 1.807) is 0 Å². The summed E-state index contributed by atoms with van der Waals surface area (Å²) in [6.45, 7) is 4.59. The first-order chi connectivity index (χ1) is 3.88. The van der Waals surface area contributed by atoms with Gasteiger partial charge in [-0.2, -0.15) is 0 Å². The van der Waals surface area contributed by atoms with Crippen molar-refractivity contribution >= 4 is 0 Å². The Morgan fingerprint density at radius 1 is 1.25 bits per heavy atom. The van der Waals surface area contributed by atoms with Crippen LogP contribution in [-0.4, -0.2) is 0 Å². The highest BCUT2D eigenvalue weighted by Crippen LogP contribution is 2.43. The third-order valence-electron chi connectivity index (χ3n) is 2.25. The Balaban J connectivity index is 1.99. The highest BCUT2D eigenvalue weighted by Gasteiger charge is 2.33. The minimum atomic E-state index is 1.12. The van der Waals surface area contributed by atoms with Gasteiger partial charge in [0, 0.05) is 0 Å². The van der Waals surface area contributed by atoms with Gasteiger partial charge in [-0.1, -0.05) is 33.1 Å². The molecule has 0 aromatic carbocycles. The summed E-state index contributed by atoms with van der Waals surface area (Å²) in [7, 11) is 0. The molecule has 1 rings (SSSR count). The zero-order valence-electron chi connectivity index (χ0n) is 5.98. The van der Waals surface area contributed by atoms with E-state index in [0.717, 1.165) is 11.8 Å².